The Bertz CT molecular complexity index is 491. The second-order valence-electron chi connectivity index (χ2n) is 4.35. The maximum atomic E-state index is 9.55. The zero-order chi connectivity index (χ0) is 17.7. The summed E-state index contributed by atoms with van der Waals surface area (Å²) in [4.78, 5) is 20.3. The highest BCUT2D eigenvalue weighted by Crippen LogP contribution is 2.20. The Labute approximate surface area is 144 Å². The molecule has 1 aromatic carbocycles. The molecule has 0 saturated carbocycles. The summed E-state index contributed by atoms with van der Waals surface area (Å²) in [7, 11) is 0. The molecule has 1 unspecified atom stereocenters. The van der Waals surface area contributed by atoms with Crippen LogP contribution in [0.2, 0.25) is 5.02 Å². The molecule has 6 nitrogen and oxygen atoms in total. The van der Waals surface area contributed by atoms with Crippen molar-refractivity contribution < 1.29 is 24.9 Å². The number of aliphatic carboxylic acids is 2. The highest BCUT2D eigenvalue weighted by atomic mass is 35.5. The van der Waals surface area contributed by atoms with Crippen LogP contribution in [0.1, 0.15) is 6.92 Å². The van der Waals surface area contributed by atoms with Crippen LogP contribution in [0.25, 0.3) is 0 Å². The maximum absolute atomic E-state index is 9.55. The summed E-state index contributed by atoms with van der Waals surface area (Å²) in [5.74, 6) is -1.53. The van der Waals surface area contributed by atoms with Crippen molar-refractivity contribution in [2.24, 2.45) is 0 Å². The average Bonchev–Trinajstić information content (AvgIpc) is 2.51. The fourth-order valence-corrected chi connectivity index (χ4v) is 2.28. The van der Waals surface area contributed by atoms with Crippen LogP contribution in [-0.4, -0.2) is 52.2 Å². The quantitative estimate of drug-likeness (QED) is 0.415. The molecule has 0 aliphatic carbocycles. The van der Waals surface area contributed by atoms with E-state index in [0.717, 1.165) is 10.8 Å². The third kappa shape index (κ3) is 13.8. The summed E-state index contributed by atoms with van der Waals surface area (Å²) in [6.07, 6.45) is 1.12. The maximum Gasteiger partial charge on any atom is 0.328 e. The van der Waals surface area contributed by atoms with Gasteiger partial charge < -0.3 is 20.6 Å². The minimum Gasteiger partial charge on any atom is -0.478 e. The van der Waals surface area contributed by atoms with E-state index in [1.54, 1.807) is 11.8 Å². The first kappa shape index (κ1) is 21.5. The number of carbonyl (C=O) groups is 2. The van der Waals surface area contributed by atoms with E-state index in [-0.39, 0.29) is 6.61 Å². The summed E-state index contributed by atoms with van der Waals surface area (Å²) in [5.41, 5.74) is 0. The lowest BCUT2D eigenvalue weighted by atomic mass is 10.4. The topological polar surface area (TPSA) is 107 Å². The first-order valence-corrected chi connectivity index (χ1v) is 8.08. The molecule has 23 heavy (non-hydrogen) atoms. The predicted molar refractivity (Wildman–Crippen MR) is 91.1 cm³/mol. The van der Waals surface area contributed by atoms with Gasteiger partial charge in [0.2, 0.25) is 0 Å². The van der Waals surface area contributed by atoms with Crippen LogP contribution >= 0.6 is 23.4 Å². The van der Waals surface area contributed by atoms with Gasteiger partial charge in [-0.2, -0.15) is 0 Å². The molecule has 1 aromatic rings. The Morgan fingerprint density at radius 1 is 1.22 bits per heavy atom. The zero-order valence-corrected chi connectivity index (χ0v) is 14.2. The molecule has 1 rings (SSSR count). The second-order valence-corrected chi connectivity index (χ2v) is 5.88. The molecule has 0 radical (unpaired) electrons. The molecule has 4 N–H and O–H groups in total. The van der Waals surface area contributed by atoms with Gasteiger partial charge in [-0.05, 0) is 31.2 Å². The van der Waals surface area contributed by atoms with Crippen LogP contribution in [0.4, 0.5) is 0 Å². The van der Waals surface area contributed by atoms with Gasteiger partial charge in [-0.3, -0.25) is 0 Å². The van der Waals surface area contributed by atoms with E-state index < -0.39 is 11.9 Å². The van der Waals surface area contributed by atoms with Gasteiger partial charge in [-0.15, -0.1) is 11.8 Å². The van der Waals surface area contributed by atoms with Crippen LogP contribution in [0.3, 0.4) is 0 Å². The summed E-state index contributed by atoms with van der Waals surface area (Å²) in [6, 6.07) is 8.24. The first-order chi connectivity index (χ1) is 10.8. The molecule has 0 spiro atoms. The van der Waals surface area contributed by atoms with Crippen molar-refractivity contribution >= 4 is 35.3 Å². The van der Waals surface area contributed by atoms with Gasteiger partial charge in [-0.25, -0.2) is 9.59 Å². The fraction of sp³-hybridized carbons (Fsp3) is 0.333. The molecule has 0 aromatic heterocycles. The summed E-state index contributed by atoms with van der Waals surface area (Å²) in [5, 5.41) is 28.3. The van der Waals surface area contributed by atoms with Gasteiger partial charge in [0.05, 0.1) is 6.61 Å². The molecular weight excluding hydrogens is 342 g/mol. The Kier molecular flexibility index (Phi) is 12.1. The smallest absolute Gasteiger partial charge is 0.328 e. The predicted octanol–water partition coefficient (Wildman–Crippen LogP) is 2.11. The molecular formula is C15H20ClNO5S. The minimum absolute atomic E-state index is 0.190. The number of rotatable bonds is 8. The molecule has 0 aliphatic heterocycles. The van der Waals surface area contributed by atoms with Gasteiger partial charge in [0.15, 0.2) is 0 Å². The number of nitrogens with one attached hydrogen (secondary N) is 1. The van der Waals surface area contributed by atoms with E-state index in [2.05, 4.69) is 12.2 Å². The Morgan fingerprint density at radius 2 is 1.74 bits per heavy atom. The van der Waals surface area contributed by atoms with Crippen LogP contribution < -0.4 is 5.32 Å². The molecule has 0 amide bonds. The molecule has 0 heterocycles. The highest BCUT2D eigenvalue weighted by Gasteiger charge is 2.01. The minimum atomic E-state index is -1.26. The van der Waals surface area contributed by atoms with E-state index in [1.807, 2.05) is 24.3 Å². The number of carboxylic acids is 2. The molecule has 128 valence electrons. The van der Waals surface area contributed by atoms with Gasteiger partial charge in [-0.1, -0.05) is 11.6 Å². The van der Waals surface area contributed by atoms with Crippen LogP contribution in [-0.2, 0) is 9.59 Å². The van der Waals surface area contributed by atoms with E-state index in [4.69, 9.17) is 26.9 Å². The Morgan fingerprint density at radius 3 is 2.17 bits per heavy atom. The van der Waals surface area contributed by atoms with E-state index in [1.165, 1.54) is 4.90 Å². The Hall–Kier alpha value is -1.54. The van der Waals surface area contributed by atoms with Gasteiger partial charge >= 0.3 is 11.9 Å². The van der Waals surface area contributed by atoms with Crippen molar-refractivity contribution in [2.45, 2.75) is 17.9 Å². The number of benzene rings is 1. The molecule has 0 bridgehead atoms. The molecule has 1 atom stereocenters. The second kappa shape index (κ2) is 13.0. The fourth-order valence-electron chi connectivity index (χ4n) is 1.26. The monoisotopic (exact) mass is 361 g/mol. The summed E-state index contributed by atoms with van der Waals surface area (Å²) in [6.45, 7) is 2.96. The molecule has 0 saturated heterocycles. The standard InChI is InChI=1S/C11H16ClNOS.C4H4O4/c1-9(13-6-7-14)8-15-11-4-2-10(12)3-5-11;5-3(6)1-2-4(7)8/h2-5,9,13-14H,6-8H2,1H3;1-2H,(H,5,6)(H,7,8)/b;2-1+. The lowest BCUT2D eigenvalue weighted by Crippen LogP contribution is -2.30. The first-order valence-electron chi connectivity index (χ1n) is 6.71. The van der Waals surface area contributed by atoms with Gasteiger partial charge in [0.25, 0.3) is 0 Å². The van der Waals surface area contributed by atoms with Crippen LogP contribution in [0.15, 0.2) is 41.3 Å². The zero-order valence-electron chi connectivity index (χ0n) is 12.6. The van der Waals surface area contributed by atoms with E-state index >= 15 is 0 Å². The van der Waals surface area contributed by atoms with Crippen molar-refractivity contribution in [3.05, 3.63) is 41.4 Å². The molecule has 0 aliphatic rings. The van der Waals surface area contributed by atoms with Crippen molar-refractivity contribution in [1.82, 2.24) is 5.32 Å². The van der Waals surface area contributed by atoms with Crippen molar-refractivity contribution in [3.8, 4) is 0 Å². The highest BCUT2D eigenvalue weighted by molar-refractivity contribution is 7.99. The normalized spacial score (nSPS) is 11.6. The summed E-state index contributed by atoms with van der Waals surface area (Å²) >= 11 is 7.58. The third-order valence-electron chi connectivity index (χ3n) is 2.29. The van der Waals surface area contributed by atoms with E-state index in [9.17, 15) is 9.59 Å². The number of halogens is 1. The summed E-state index contributed by atoms with van der Waals surface area (Å²) < 4.78 is 0. The Balaban J connectivity index is 0.000000515. The van der Waals surface area contributed by atoms with Crippen molar-refractivity contribution in [2.75, 3.05) is 18.9 Å². The van der Waals surface area contributed by atoms with Gasteiger partial charge in [0, 0.05) is 40.4 Å². The van der Waals surface area contributed by atoms with Gasteiger partial charge in [0.1, 0.15) is 0 Å². The van der Waals surface area contributed by atoms with E-state index in [0.29, 0.717) is 24.7 Å². The SMILES string of the molecule is CC(CSc1ccc(Cl)cc1)NCCO.O=C(O)/C=C/C(=O)O. The third-order valence-corrected chi connectivity index (χ3v) is 3.81. The number of thioether (sulfide) groups is 1. The number of aliphatic hydroxyl groups is 1. The average molecular weight is 362 g/mol. The number of hydrogen-bond acceptors (Lipinski definition) is 5. The van der Waals surface area contributed by atoms with Crippen LogP contribution in [0.5, 0.6) is 0 Å². The number of carboxylic acid groups (broad SMARTS) is 2. The largest absolute Gasteiger partial charge is 0.478 e. The lowest BCUT2D eigenvalue weighted by Gasteiger charge is -2.12. The van der Waals surface area contributed by atoms with Crippen molar-refractivity contribution in [3.63, 3.8) is 0 Å². The lowest BCUT2D eigenvalue weighted by molar-refractivity contribution is -0.134. The number of hydrogen-bond donors (Lipinski definition) is 4. The number of aliphatic hydroxyl groups excluding tert-OH is 1. The van der Waals surface area contributed by atoms with Crippen LogP contribution in [0, 0.1) is 0 Å². The molecule has 8 heteroatoms. The molecule has 0 fully saturated rings. The van der Waals surface area contributed by atoms with Crippen molar-refractivity contribution in [1.29, 1.82) is 0 Å².